The van der Waals surface area contributed by atoms with Crippen LogP contribution in [0.4, 0.5) is 4.39 Å². The number of benzene rings is 2. The Morgan fingerprint density at radius 3 is 2.30 bits per heavy atom. The molecule has 2 fully saturated rings. The van der Waals surface area contributed by atoms with Crippen molar-refractivity contribution in [1.82, 2.24) is 4.90 Å². The summed E-state index contributed by atoms with van der Waals surface area (Å²) < 4.78 is 13.9. The summed E-state index contributed by atoms with van der Waals surface area (Å²) in [5, 5.41) is 30.8. The van der Waals surface area contributed by atoms with E-state index in [2.05, 4.69) is 4.90 Å². The molecule has 0 spiro atoms. The Morgan fingerprint density at radius 2 is 1.67 bits per heavy atom. The Kier molecular flexibility index (Phi) is 4.93. The van der Waals surface area contributed by atoms with Crippen molar-refractivity contribution in [2.24, 2.45) is 11.8 Å². The molecule has 2 aliphatic rings. The highest BCUT2D eigenvalue weighted by Gasteiger charge is 2.48. The van der Waals surface area contributed by atoms with Gasteiger partial charge in [0.25, 0.3) is 0 Å². The van der Waals surface area contributed by atoms with Crippen LogP contribution in [-0.2, 0) is 6.42 Å². The molecule has 0 bridgehead atoms. The predicted octanol–water partition coefficient (Wildman–Crippen LogP) is 2.88. The van der Waals surface area contributed by atoms with Gasteiger partial charge in [0.1, 0.15) is 11.6 Å². The minimum Gasteiger partial charge on any atom is -0.508 e. The molecule has 1 aliphatic carbocycles. The third-order valence-electron chi connectivity index (χ3n) is 6.12. The van der Waals surface area contributed by atoms with Crippen LogP contribution in [0, 0.1) is 17.7 Å². The maximum absolute atomic E-state index is 13.9. The van der Waals surface area contributed by atoms with E-state index in [4.69, 9.17) is 0 Å². The van der Waals surface area contributed by atoms with E-state index in [-0.39, 0.29) is 11.6 Å². The zero-order valence-corrected chi connectivity index (χ0v) is 15.3. The van der Waals surface area contributed by atoms with Crippen molar-refractivity contribution in [3.05, 3.63) is 65.5 Å². The summed E-state index contributed by atoms with van der Waals surface area (Å²) in [5.41, 5.74) is 0.541. The van der Waals surface area contributed by atoms with E-state index >= 15 is 0 Å². The van der Waals surface area contributed by atoms with Crippen LogP contribution >= 0.6 is 0 Å². The summed E-state index contributed by atoms with van der Waals surface area (Å²) in [6.45, 7) is 2.24. The second-order valence-electron chi connectivity index (χ2n) is 8.25. The first-order chi connectivity index (χ1) is 12.9. The van der Waals surface area contributed by atoms with Crippen LogP contribution in [0.5, 0.6) is 5.75 Å². The molecule has 1 saturated heterocycles. The van der Waals surface area contributed by atoms with Crippen molar-refractivity contribution in [3.63, 3.8) is 0 Å². The molecule has 1 aliphatic heterocycles. The maximum atomic E-state index is 13.9. The number of aliphatic hydroxyl groups excluding tert-OH is 1. The molecule has 3 N–H and O–H groups in total. The normalized spacial score (nSPS) is 29.0. The highest BCUT2D eigenvalue weighted by atomic mass is 19.1. The predicted molar refractivity (Wildman–Crippen MR) is 101 cm³/mol. The van der Waals surface area contributed by atoms with Crippen LogP contribution in [0.25, 0.3) is 0 Å². The molecule has 0 amide bonds. The number of aliphatic hydroxyl groups is 2. The van der Waals surface area contributed by atoms with Crippen LogP contribution in [0.1, 0.15) is 30.1 Å². The number of nitrogens with zero attached hydrogens (tertiary/aromatic N) is 1. The number of phenolic OH excluding ortho intramolecular Hbond substituents is 1. The Hall–Kier alpha value is -1.95. The van der Waals surface area contributed by atoms with Gasteiger partial charge in [0.15, 0.2) is 0 Å². The molecule has 1 saturated carbocycles. The monoisotopic (exact) mass is 371 g/mol. The van der Waals surface area contributed by atoms with Gasteiger partial charge in [-0.1, -0.05) is 30.3 Å². The summed E-state index contributed by atoms with van der Waals surface area (Å²) in [6, 6.07) is 13.3. The largest absolute Gasteiger partial charge is 0.508 e. The number of phenols is 1. The molecule has 1 heterocycles. The second-order valence-corrected chi connectivity index (χ2v) is 8.25. The van der Waals surface area contributed by atoms with Crippen molar-refractivity contribution in [1.29, 1.82) is 0 Å². The standard InChI is InChI=1S/C22H26FNO3/c23-20-4-2-1-3-16(20)9-22(27)10-17-12-24(13-18(17)11-22)14-21(26)15-5-7-19(25)8-6-15/h1-8,17-18,21,25-27H,9-14H2. The van der Waals surface area contributed by atoms with Crippen LogP contribution < -0.4 is 0 Å². The van der Waals surface area contributed by atoms with E-state index in [1.165, 1.54) is 6.07 Å². The zero-order valence-electron chi connectivity index (χ0n) is 15.3. The van der Waals surface area contributed by atoms with Gasteiger partial charge in [-0.3, -0.25) is 4.90 Å². The molecule has 2 aromatic rings. The lowest BCUT2D eigenvalue weighted by Gasteiger charge is -2.27. The Morgan fingerprint density at radius 1 is 1.04 bits per heavy atom. The van der Waals surface area contributed by atoms with E-state index in [0.717, 1.165) is 18.7 Å². The van der Waals surface area contributed by atoms with Crippen molar-refractivity contribution in [2.75, 3.05) is 19.6 Å². The van der Waals surface area contributed by atoms with E-state index in [1.807, 2.05) is 6.07 Å². The van der Waals surface area contributed by atoms with Gasteiger partial charge in [-0.25, -0.2) is 4.39 Å². The first kappa shape index (κ1) is 18.4. The third kappa shape index (κ3) is 4.00. The molecule has 4 nitrogen and oxygen atoms in total. The third-order valence-corrected chi connectivity index (χ3v) is 6.12. The minimum atomic E-state index is -0.834. The molecular weight excluding hydrogens is 345 g/mol. The number of rotatable bonds is 5. The van der Waals surface area contributed by atoms with Gasteiger partial charge in [0.2, 0.25) is 0 Å². The number of hydrogen-bond donors (Lipinski definition) is 3. The van der Waals surface area contributed by atoms with E-state index in [1.54, 1.807) is 36.4 Å². The van der Waals surface area contributed by atoms with Gasteiger partial charge >= 0.3 is 0 Å². The van der Waals surface area contributed by atoms with Crippen LogP contribution in [-0.4, -0.2) is 45.5 Å². The lowest BCUT2D eigenvalue weighted by atomic mass is 9.91. The molecular formula is C22H26FNO3. The van der Waals surface area contributed by atoms with Crippen LogP contribution in [0.3, 0.4) is 0 Å². The molecule has 0 radical (unpaired) electrons. The minimum absolute atomic E-state index is 0.191. The molecule has 3 unspecified atom stereocenters. The number of fused-ring (bicyclic) bond motifs is 1. The van der Waals surface area contributed by atoms with Gasteiger partial charge in [0, 0.05) is 26.1 Å². The molecule has 3 atom stereocenters. The van der Waals surface area contributed by atoms with Crippen molar-refractivity contribution < 1.29 is 19.7 Å². The van der Waals surface area contributed by atoms with Gasteiger partial charge in [-0.2, -0.15) is 0 Å². The molecule has 0 aromatic heterocycles. The average molecular weight is 371 g/mol. The summed E-state index contributed by atoms with van der Waals surface area (Å²) >= 11 is 0. The SMILES string of the molecule is Oc1ccc(C(O)CN2CC3CC(O)(Cc4ccccc4F)CC3C2)cc1. The summed E-state index contributed by atoms with van der Waals surface area (Å²) in [5.74, 6) is 0.708. The van der Waals surface area contributed by atoms with Crippen LogP contribution in [0.2, 0.25) is 0 Å². The maximum Gasteiger partial charge on any atom is 0.126 e. The molecule has 4 rings (SSSR count). The zero-order chi connectivity index (χ0) is 19.0. The summed E-state index contributed by atoms with van der Waals surface area (Å²) in [7, 11) is 0. The number of halogens is 1. The molecule has 2 aromatic carbocycles. The highest BCUT2D eigenvalue weighted by molar-refractivity contribution is 5.27. The smallest absolute Gasteiger partial charge is 0.126 e. The fraction of sp³-hybridized carbons (Fsp3) is 0.455. The van der Waals surface area contributed by atoms with E-state index in [9.17, 15) is 19.7 Å². The molecule has 5 heteroatoms. The molecule has 27 heavy (non-hydrogen) atoms. The second kappa shape index (κ2) is 7.23. The van der Waals surface area contributed by atoms with E-state index in [0.29, 0.717) is 43.2 Å². The summed E-state index contributed by atoms with van der Waals surface area (Å²) in [6.07, 6.45) is 1.13. The fourth-order valence-electron chi connectivity index (χ4n) is 4.89. The molecule has 144 valence electrons. The fourth-order valence-corrected chi connectivity index (χ4v) is 4.89. The highest BCUT2D eigenvalue weighted by Crippen LogP contribution is 2.45. The van der Waals surface area contributed by atoms with Crippen molar-refractivity contribution in [3.8, 4) is 5.75 Å². The number of β-amino-alcohol motifs (C(OH)–C–C–N with tert-alkyl or cyclic N) is 1. The lowest BCUT2D eigenvalue weighted by molar-refractivity contribution is 0.0321. The van der Waals surface area contributed by atoms with Crippen molar-refractivity contribution in [2.45, 2.75) is 31.0 Å². The Labute approximate surface area is 158 Å². The Balaban J connectivity index is 1.34. The number of likely N-dealkylation sites (tertiary alicyclic amines) is 1. The number of hydrogen-bond acceptors (Lipinski definition) is 4. The van der Waals surface area contributed by atoms with E-state index < -0.39 is 11.7 Å². The lowest BCUT2D eigenvalue weighted by Crippen LogP contribution is -2.33. The van der Waals surface area contributed by atoms with Crippen molar-refractivity contribution >= 4 is 0 Å². The average Bonchev–Trinajstić information content (AvgIpc) is 3.11. The first-order valence-corrected chi connectivity index (χ1v) is 9.57. The summed E-state index contributed by atoms with van der Waals surface area (Å²) in [4.78, 5) is 2.25. The van der Waals surface area contributed by atoms with Gasteiger partial charge in [-0.15, -0.1) is 0 Å². The van der Waals surface area contributed by atoms with Gasteiger partial charge < -0.3 is 15.3 Å². The topological polar surface area (TPSA) is 63.9 Å². The van der Waals surface area contributed by atoms with Gasteiger partial charge in [0.05, 0.1) is 11.7 Å². The Bertz CT molecular complexity index is 780. The number of aromatic hydroxyl groups is 1. The first-order valence-electron chi connectivity index (χ1n) is 9.57. The van der Waals surface area contributed by atoms with Gasteiger partial charge in [-0.05, 0) is 54.0 Å². The quantitative estimate of drug-likeness (QED) is 0.756. The van der Waals surface area contributed by atoms with Crippen LogP contribution in [0.15, 0.2) is 48.5 Å².